The van der Waals surface area contributed by atoms with E-state index in [0.29, 0.717) is 6.04 Å². The molecule has 0 radical (unpaired) electrons. The van der Waals surface area contributed by atoms with E-state index in [2.05, 4.69) is 60.2 Å². The van der Waals surface area contributed by atoms with Gasteiger partial charge in [-0.3, -0.25) is 9.88 Å². The summed E-state index contributed by atoms with van der Waals surface area (Å²) in [6, 6.07) is 11.0. The molecule has 0 unspecified atom stereocenters. The molecule has 3 nitrogen and oxygen atoms in total. The smallest absolute Gasteiger partial charge is 0.0722 e. The molecule has 0 spiro atoms. The third kappa shape index (κ3) is 3.18. The summed E-state index contributed by atoms with van der Waals surface area (Å²) in [6.45, 7) is 9.25. The van der Waals surface area contributed by atoms with Crippen LogP contribution in [0.15, 0.2) is 36.5 Å². The van der Waals surface area contributed by atoms with Gasteiger partial charge in [0, 0.05) is 41.9 Å². The molecule has 1 fully saturated rings. The molecule has 3 rings (SSSR count). The molecule has 1 aromatic heterocycles. The van der Waals surface area contributed by atoms with Crippen molar-refractivity contribution in [3.05, 3.63) is 36.5 Å². The minimum absolute atomic E-state index is 0.286. The summed E-state index contributed by atoms with van der Waals surface area (Å²) >= 11 is 0. The lowest BCUT2D eigenvalue weighted by Crippen LogP contribution is -2.48. The lowest BCUT2D eigenvalue weighted by Gasteiger charge is -2.41. The first kappa shape index (κ1) is 14.3. The van der Waals surface area contributed by atoms with Crippen LogP contribution in [-0.2, 0) is 0 Å². The summed E-state index contributed by atoms with van der Waals surface area (Å²) in [5.74, 6) is 0. The van der Waals surface area contributed by atoms with Gasteiger partial charge in [-0.25, -0.2) is 0 Å². The number of benzene rings is 1. The van der Waals surface area contributed by atoms with Crippen LogP contribution in [0.4, 0.5) is 5.69 Å². The predicted octanol–water partition coefficient (Wildman–Crippen LogP) is 3.91. The van der Waals surface area contributed by atoms with Crippen molar-refractivity contribution in [1.82, 2.24) is 9.88 Å². The number of hydrogen-bond acceptors (Lipinski definition) is 3. The van der Waals surface area contributed by atoms with Crippen LogP contribution in [0.2, 0.25) is 0 Å². The fourth-order valence-electron chi connectivity index (χ4n) is 3.14. The second kappa shape index (κ2) is 5.64. The maximum absolute atomic E-state index is 4.43. The molecule has 0 saturated carbocycles. The van der Waals surface area contributed by atoms with Crippen molar-refractivity contribution < 1.29 is 0 Å². The average molecular weight is 283 g/mol. The Morgan fingerprint density at radius 2 is 1.81 bits per heavy atom. The van der Waals surface area contributed by atoms with Crippen LogP contribution in [-0.4, -0.2) is 34.6 Å². The fourth-order valence-corrected chi connectivity index (χ4v) is 3.14. The number of anilines is 1. The first-order valence-corrected chi connectivity index (χ1v) is 7.89. The van der Waals surface area contributed by atoms with Crippen molar-refractivity contribution >= 4 is 16.6 Å². The number of para-hydroxylation sites is 1. The van der Waals surface area contributed by atoms with Crippen molar-refractivity contribution in [2.24, 2.45) is 0 Å². The van der Waals surface area contributed by atoms with Gasteiger partial charge in [0.05, 0.1) is 5.52 Å². The molecule has 21 heavy (non-hydrogen) atoms. The van der Waals surface area contributed by atoms with Crippen molar-refractivity contribution in [3.8, 4) is 0 Å². The Morgan fingerprint density at radius 3 is 2.52 bits per heavy atom. The number of rotatable bonds is 2. The standard InChI is InChI=1S/C18H25N3/c1-18(2,3)21-12-9-14(10-13-21)20-17-8-11-19-16-7-5-4-6-15(16)17/h4-8,11,14H,9-10,12-13H2,1-3H3,(H,19,20). The third-order valence-corrected chi connectivity index (χ3v) is 4.45. The van der Waals surface area contributed by atoms with Crippen molar-refractivity contribution in [2.75, 3.05) is 18.4 Å². The van der Waals surface area contributed by atoms with E-state index < -0.39 is 0 Å². The summed E-state index contributed by atoms with van der Waals surface area (Å²) in [7, 11) is 0. The number of hydrogen-bond donors (Lipinski definition) is 1. The molecule has 1 aromatic carbocycles. The zero-order valence-electron chi connectivity index (χ0n) is 13.3. The van der Waals surface area contributed by atoms with Crippen LogP contribution in [0.5, 0.6) is 0 Å². The molecule has 112 valence electrons. The Bertz CT molecular complexity index is 602. The number of piperidine rings is 1. The molecule has 2 heterocycles. The topological polar surface area (TPSA) is 28.2 Å². The Labute approximate surface area is 127 Å². The Kier molecular flexibility index (Phi) is 3.85. The molecule has 1 aliphatic heterocycles. The largest absolute Gasteiger partial charge is 0.382 e. The Hall–Kier alpha value is -1.61. The predicted molar refractivity (Wildman–Crippen MR) is 89.7 cm³/mol. The lowest BCUT2D eigenvalue weighted by molar-refractivity contribution is 0.106. The van der Waals surface area contributed by atoms with E-state index in [9.17, 15) is 0 Å². The van der Waals surface area contributed by atoms with Gasteiger partial charge in [0.2, 0.25) is 0 Å². The van der Waals surface area contributed by atoms with Crippen molar-refractivity contribution in [1.29, 1.82) is 0 Å². The second-order valence-electron chi connectivity index (χ2n) is 6.95. The number of aromatic nitrogens is 1. The fraction of sp³-hybridized carbons (Fsp3) is 0.500. The third-order valence-electron chi connectivity index (χ3n) is 4.45. The lowest BCUT2D eigenvalue weighted by atomic mass is 9.98. The van der Waals surface area contributed by atoms with Gasteiger partial charge in [-0.15, -0.1) is 0 Å². The molecular formula is C18H25N3. The monoisotopic (exact) mass is 283 g/mol. The number of nitrogens with one attached hydrogen (secondary N) is 1. The van der Waals surface area contributed by atoms with E-state index in [4.69, 9.17) is 0 Å². The molecule has 2 aromatic rings. The summed E-state index contributed by atoms with van der Waals surface area (Å²) < 4.78 is 0. The van der Waals surface area contributed by atoms with Gasteiger partial charge in [0.1, 0.15) is 0 Å². The van der Waals surface area contributed by atoms with E-state index in [0.717, 1.165) is 5.52 Å². The minimum atomic E-state index is 0.286. The first-order valence-electron chi connectivity index (χ1n) is 7.89. The Balaban J connectivity index is 1.70. The summed E-state index contributed by atoms with van der Waals surface area (Å²) in [4.78, 5) is 7.01. The molecule has 0 atom stereocenters. The average Bonchev–Trinajstić information content (AvgIpc) is 2.47. The van der Waals surface area contributed by atoms with Crippen LogP contribution in [0, 0.1) is 0 Å². The second-order valence-corrected chi connectivity index (χ2v) is 6.95. The van der Waals surface area contributed by atoms with Gasteiger partial charge in [0.15, 0.2) is 0 Å². The maximum atomic E-state index is 4.43. The highest BCUT2D eigenvalue weighted by atomic mass is 15.2. The molecule has 1 saturated heterocycles. The van der Waals surface area contributed by atoms with Gasteiger partial charge >= 0.3 is 0 Å². The maximum Gasteiger partial charge on any atom is 0.0722 e. The normalized spacial score (nSPS) is 18.0. The number of nitrogens with zero attached hydrogens (tertiary/aromatic N) is 2. The molecule has 1 N–H and O–H groups in total. The summed E-state index contributed by atoms with van der Waals surface area (Å²) in [5, 5.41) is 4.95. The van der Waals surface area contributed by atoms with Gasteiger partial charge in [-0.05, 0) is 45.7 Å². The van der Waals surface area contributed by atoms with E-state index in [1.807, 2.05) is 12.3 Å². The molecular weight excluding hydrogens is 258 g/mol. The number of likely N-dealkylation sites (tertiary alicyclic amines) is 1. The number of pyridine rings is 1. The van der Waals surface area contributed by atoms with Gasteiger partial charge in [-0.1, -0.05) is 18.2 Å². The summed E-state index contributed by atoms with van der Waals surface area (Å²) in [5.41, 5.74) is 2.57. The van der Waals surface area contributed by atoms with Crippen LogP contribution >= 0.6 is 0 Å². The van der Waals surface area contributed by atoms with E-state index in [-0.39, 0.29) is 5.54 Å². The van der Waals surface area contributed by atoms with Crippen LogP contribution in [0.1, 0.15) is 33.6 Å². The van der Waals surface area contributed by atoms with Crippen LogP contribution in [0.25, 0.3) is 10.9 Å². The summed E-state index contributed by atoms with van der Waals surface area (Å²) in [6.07, 6.45) is 4.30. The quantitative estimate of drug-likeness (QED) is 0.905. The SMILES string of the molecule is CC(C)(C)N1CCC(Nc2ccnc3ccccc23)CC1. The highest BCUT2D eigenvalue weighted by Crippen LogP contribution is 2.26. The van der Waals surface area contributed by atoms with E-state index >= 15 is 0 Å². The molecule has 0 amide bonds. The van der Waals surface area contributed by atoms with Crippen LogP contribution in [0.3, 0.4) is 0 Å². The molecule has 1 aliphatic rings. The molecule has 0 aliphatic carbocycles. The van der Waals surface area contributed by atoms with E-state index in [1.165, 1.54) is 37.0 Å². The minimum Gasteiger partial charge on any atom is -0.382 e. The zero-order chi connectivity index (χ0) is 14.9. The Morgan fingerprint density at radius 1 is 1.10 bits per heavy atom. The van der Waals surface area contributed by atoms with Crippen molar-refractivity contribution in [2.45, 2.75) is 45.2 Å². The first-order chi connectivity index (χ1) is 10.0. The van der Waals surface area contributed by atoms with Gasteiger partial charge in [-0.2, -0.15) is 0 Å². The molecule has 3 heteroatoms. The highest BCUT2D eigenvalue weighted by Gasteiger charge is 2.26. The van der Waals surface area contributed by atoms with Crippen molar-refractivity contribution in [3.63, 3.8) is 0 Å². The van der Waals surface area contributed by atoms with Gasteiger partial charge < -0.3 is 5.32 Å². The zero-order valence-corrected chi connectivity index (χ0v) is 13.3. The van der Waals surface area contributed by atoms with Gasteiger partial charge in [0.25, 0.3) is 0 Å². The van der Waals surface area contributed by atoms with Crippen LogP contribution < -0.4 is 5.32 Å². The highest BCUT2D eigenvalue weighted by molar-refractivity contribution is 5.90. The molecule has 0 bridgehead atoms. The van der Waals surface area contributed by atoms with E-state index in [1.54, 1.807) is 0 Å². The number of fused-ring (bicyclic) bond motifs is 1.